The molecule has 0 saturated carbocycles. The van der Waals surface area contributed by atoms with Crippen LogP contribution in [0.1, 0.15) is 18.4 Å². The molecule has 2 aliphatic rings. The summed E-state index contributed by atoms with van der Waals surface area (Å²) in [6.07, 6.45) is 2.71. The number of nitrogens with zero attached hydrogens (tertiary/aromatic N) is 2. The summed E-state index contributed by atoms with van der Waals surface area (Å²) < 4.78 is 0. The lowest BCUT2D eigenvalue weighted by molar-refractivity contribution is 0.220. The van der Waals surface area contributed by atoms with E-state index in [1.165, 1.54) is 43.7 Å². The van der Waals surface area contributed by atoms with E-state index in [4.69, 9.17) is 0 Å². The Labute approximate surface area is 116 Å². The Morgan fingerprint density at radius 3 is 2.63 bits per heavy atom. The predicted octanol–water partition coefficient (Wildman–Crippen LogP) is 1.94. The third kappa shape index (κ3) is 2.93. The molecule has 2 fully saturated rings. The molecule has 3 atom stereocenters. The van der Waals surface area contributed by atoms with Gasteiger partial charge in [0.05, 0.1) is 0 Å². The molecule has 0 spiro atoms. The first-order chi connectivity index (χ1) is 9.22. The Hall–Kier alpha value is -1.06. The Bertz CT molecular complexity index is 413. The van der Waals surface area contributed by atoms with Crippen LogP contribution >= 0.6 is 0 Å². The highest BCUT2D eigenvalue weighted by Crippen LogP contribution is 2.27. The van der Waals surface area contributed by atoms with Gasteiger partial charge in [0.15, 0.2) is 0 Å². The highest BCUT2D eigenvalue weighted by molar-refractivity contribution is 5.45. The van der Waals surface area contributed by atoms with Crippen LogP contribution in [0.4, 0.5) is 5.69 Å². The van der Waals surface area contributed by atoms with Gasteiger partial charge in [0.1, 0.15) is 0 Å². The largest absolute Gasteiger partial charge is 0.378 e. The Morgan fingerprint density at radius 1 is 1.16 bits per heavy atom. The lowest BCUT2D eigenvalue weighted by Gasteiger charge is -2.31. The molecule has 104 valence electrons. The maximum atomic E-state index is 3.77. The summed E-state index contributed by atoms with van der Waals surface area (Å²) in [4.78, 5) is 4.75. The Balaban J connectivity index is 1.54. The van der Waals surface area contributed by atoms with Gasteiger partial charge in [-0.25, -0.2) is 0 Å². The molecule has 3 rings (SSSR count). The van der Waals surface area contributed by atoms with Crippen molar-refractivity contribution in [2.45, 2.75) is 25.4 Å². The first kappa shape index (κ1) is 12.9. The van der Waals surface area contributed by atoms with Gasteiger partial charge in [0.2, 0.25) is 0 Å². The van der Waals surface area contributed by atoms with Crippen molar-refractivity contribution >= 4 is 5.69 Å². The van der Waals surface area contributed by atoms with Gasteiger partial charge in [0.25, 0.3) is 0 Å². The molecule has 0 amide bonds. The van der Waals surface area contributed by atoms with E-state index in [-0.39, 0.29) is 0 Å². The van der Waals surface area contributed by atoms with Crippen LogP contribution in [-0.2, 0) is 6.54 Å². The lowest BCUT2D eigenvalue weighted by Crippen LogP contribution is -2.43. The number of fused-ring (bicyclic) bond motifs is 2. The van der Waals surface area contributed by atoms with Crippen LogP contribution in [0.25, 0.3) is 0 Å². The molecular weight excluding hydrogens is 234 g/mol. The molecule has 0 aliphatic carbocycles. The molecule has 2 aliphatic heterocycles. The summed E-state index contributed by atoms with van der Waals surface area (Å²) in [5, 5.41) is 3.77. The SMILES string of the molecule is CN(C)c1ccc(CNC2CCN3CCC2C3)cc1. The molecule has 2 bridgehead atoms. The van der Waals surface area contributed by atoms with Gasteiger partial charge < -0.3 is 15.1 Å². The van der Waals surface area contributed by atoms with Gasteiger partial charge >= 0.3 is 0 Å². The third-order valence-electron chi connectivity index (χ3n) is 4.66. The minimum Gasteiger partial charge on any atom is -0.378 e. The van der Waals surface area contributed by atoms with Crippen molar-refractivity contribution in [3.05, 3.63) is 29.8 Å². The number of nitrogens with one attached hydrogen (secondary N) is 1. The van der Waals surface area contributed by atoms with Crippen molar-refractivity contribution in [1.29, 1.82) is 0 Å². The van der Waals surface area contributed by atoms with Crippen molar-refractivity contribution in [3.63, 3.8) is 0 Å². The lowest BCUT2D eigenvalue weighted by atomic mass is 9.94. The minimum atomic E-state index is 0.729. The molecule has 0 aromatic heterocycles. The zero-order chi connectivity index (χ0) is 13.2. The molecular formula is C16H25N3. The highest BCUT2D eigenvalue weighted by Gasteiger charge is 2.33. The Kier molecular flexibility index (Phi) is 3.76. The second-order valence-electron chi connectivity index (χ2n) is 6.19. The van der Waals surface area contributed by atoms with Gasteiger partial charge in [-0.2, -0.15) is 0 Å². The van der Waals surface area contributed by atoms with Crippen molar-refractivity contribution in [2.75, 3.05) is 38.6 Å². The minimum absolute atomic E-state index is 0.729. The molecule has 2 heterocycles. The summed E-state index contributed by atoms with van der Waals surface area (Å²) >= 11 is 0. The van der Waals surface area contributed by atoms with E-state index in [1.54, 1.807) is 0 Å². The van der Waals surface area contributed by atoms with Gasteiger partial charge in [-0.05, 0) is 49.5 Å². The molecule has 0 radical (unpaired) electrons. The molecule has 3 unspecified atom stereocenters. The fourth-order valence-corrected chi connectivity index (χ4v) is 3.38. The zero-order valence-electron chi connectivity index (χ0n) is 12.1. The standard InChI is InChI=1S/C16H25N3/c1-18(2)15-5-3-13(4-6-15)11-17-16-8-10-19-9-7-14(16)12-19/h3-6,14,16-17H,7-12H2,1-2H3. The van der Waals surface area contributed by atoms with E-state index in [0.717, 1.165) is 18.5 Å². The van der Waals surface area contributed by atoms with Crippen molar-refractivity contribution in [2.24, 2.45) is 5.92 Å². The average Bonchev–Trinajstić information content (AvgIpc) is 2.81. The molecule has 3 nitrogen and oxygen atoms in total. The van der Waals surface area contributed by atoms with Crippen molar-refractivity contribution in [3.8, 4) is 0 Å². The summed E-state index contributed by atoms with van der Waals surface area (Å²) in [6, 6.07) is 9.62. The number of anilines is 1. The van der Waals surface area contributed by atoms with Crippen molar-refractivity contribution < 1.29 is 0 Å². The number of rotatable bonds is 4. The summed E-state index contributed by atoms with van der Waals surface area (Å²) in [5.74, 6) is 0.884. The fraction of sp³-hybridized carbons (Fsp3) is 0.625. The van der Waals surface area contributed by atoms with Crippen LogP contribution in [0.15, 0.2) is 24.3 Å². The zero-order valence-corrected chi connectivity index (χ0v) is 12.1. The number of benzene rings is 1. The molecule has 1 aromatic rings. The van der Waals surface area contributed by atoms with Gasteiger partial charge in [-0.1, -0.05) is 12.1 Å². The van der Waals surface area contributed by atoms with Gasteiger partial charge in [0, 0.05) is 38.9 Å². The fourth-order valence-electron chi connectivity index (χ4n) is 3.38. The van der Waals surface area contributed by atoms with E-state index in [0.29, 0.717) is 0 Å². The third-order valence-corrected chi connectivity index (χ3v) is 4.66. The normalized spacial score (nSPS) is 29.5. The smallest absolute Gasteiger partial charge is 0.0361 e. The van der Waals surface area contributed by atoms with Crippen LogP contribution in [0, 0.1) is 5.92 Å². The molecule has 2 saturated heterocycles. The number of hydrogen-bond donors (Lipinski definition) is 1. The number of hydrogen-bond acceptors (Lipinski definition) is 3. The first-order valence-corrected chi connectivity index (χ1v) is 7.44. The second-order valence-corrected chi connectivity index (χ2v) is 6.19. The monoisotopic (exact) mass is 259 g/mol. The maximum absolute atomic E-state index is 3.77. The summed E-state index contributed by atoms with van der Waals surface area (Å²) in [5.41, 5.74) is 2.67. The Morgan fingerprint density at radius 2 is 1.89 bits per heavy atom. The topological polar surface area (TPSA) is 18.5 Å². The predicted molar refractivity (Wildman–Crippen MR) is 80.6 cm³/mol. The van der Waals surface area contributed by atoms with Crippen LogP contribution in [-0.4, -0.2) is 44.7 Å². The summed E-state index contributed by atoms with van der Waals surface area (Å²) in [7, 11) is 4.17. The van der Waals surface area contributed by atoms with Gasteiger partial charge in [-0.15, -0.1) is 0 Å². The maximum Gasteiger partial charge on any atom is 0.0361 e. The van der Waals surface area contributed by atoms with E-state index in [9.17, 15) is 0 Å². The second kappa shape index (κ2) is 5.51. The first-order valence-electron chi connectivity index (χ1n) is 7.44. The van der Waals surface area contributed by atoms with E-state index >= 15 is 0 Å². The highest BCUT2D eigenvalue weighted by atomic mass is 15.2. The molecule has 3 heteroatoms. The van der Waals surface area contributed by atoms with Crippen LogP contribution in [0.5, 0.6) is 0 Å². The van der Waals surface area contributed by atoms with E-state index in [2.05, 4.69) is 53.5 Å². The quantitative estimate of drug-likeness (QED) is 0.891. The average molecular weight is 259 g/mol. The van der Waals surface area contributed by atoms with E-state index in [1.807, 2.05) is 0 Å². The van der Waals surface area contributed by atoms with E-state index < -0.39 is 0 Å². The summed E-state index contributed by atoms with van der Waals surface area (Å²) in [6.45, 7) is 4.93. The molecule has 1 aromatic carbocycles. The number of piperidine rings is 1. The van der Waals surface area contributed by atoms with Gasteiger partial charge in [-0.3, -0.25) is 0 Å². The van der Waals surface area contributed by atoms with Crippen molar-refractivity contribution in [1.82, 2.24) is 10.2 Å². The van der Waals surface area contributed by atoms with Crippen LogP contribution in [0.3, 0.4) is 0 Å². The van der Waals surface area contributed by atoms with Crippen LogP contribution in [0.2, 0.25) is 0 Å². The van der Waals surface area contributed by atoms with Crippen LogP contribution < -0.4 is 10.2 Å². The molecule has 1 N–H and O–H groups in total. The molecule has 19 heavy (non-hydrogen) atoms.